The van der Waals surface area contributed by atoms with Crippen LogP contribution in [0.1, 0.15) is 0 Å². The molecule has 2 aromatic carbocycles. The van der Waals surface area contributed by atoms with Crippen molar-refractivity contribution in [3.63, 3.8) is 0 Å². The van der Waals surface area contributed by atoms with Gasteiger partial charge in [0.1, 0.15) is 0 Å². The maximum absolute atomic E-state index is 5.66. The molecule has 2 aromatic rings. The third kappa shape index (κ3) is 2.35. The molecule has 0 saturated heterocycles. The molecule has 0 atom stereocenters. The Morgan fingerprint density at radius 2 is 1.13 bits per heavy atom. The highest BCUT2D eigenvalue weighted by Crippen LogP contribution is 1.92. The van der Waals surface area contributed by atoms with Crippen LogP contribution in [-0.4, -0.2) is 16.2 Å². The molecular formula is C13H14OSi. The first-order valence-electron chi connectivity index (χ1n) is 5.04. The Morgan fingerprint density at radius 1 is 0.733 bits per heavy atom. The first kappa shape index (κ1) is 10.1. The molecule has 0 aromatic heterocycles. The van der Waals surface area contributed by atoms with E-state index in [-0.39, 0.29) is 0 Å². The Hall–Kier alpha value is -1.38. The van der Waals surface area contributed by atoms with E-state index in [1.54, 1.807) is 7.11 Å². The lowest BCUT2D eigenvalue weighted by Crippen LogP contribution is -2.43. The van der Waals surface area contributed by atoms with Crippen molar-refractivity contribution in [1.29, 1.82) is 0 Å². The van der Waals surface area contributed by atoms with Gasteiger partial charge in [-0.1, -0.05) is 60.7 Å². The lowest BCUT2D eigenvalue weighted by atomic mass is 10.4. The standard InChI is InChI=1S/C13H14OSi/c1-14-15(12-8-4-2-5-9-12)13-10-6-3-7-11-13/h2-11,15H,1H3. The Bertz CT molecular complexity index is 360. The lowest BCUT2D eigenvalue weighted by molar-refractivity contribution is 0.439. The first-order chi connectivity index (χ1) is 7.42. The van der Waals surface area contributed by atoms with Gasteiger partial charge in [0, 0.05) is 7.11 Å². The van der Waals surface area contributed by atoms with Crippen LogP contribution in [0.4, 0.5) is 0 Å². The molecule has 0 unspecified atom stereocenters. The molecule has 2 heteroatoms. The van der Waals surface area contributed by atoms with Gasteiger partial charge in [0.05, 0.1) is 0 Å². The number of hydrogen-bond donors (Lipinski definition) is 0. The van der Waals surface area contributed by atoms with Gasteiger partial charge in [-0.3, -0.25) is 0 Å². The highest BCUT2D eigenvalue weighted by Gasteiger charge is 2.14. The molecule has 0 bridgehead atoms. The van der Waals surface area contributed by atoms with Crippen molar-refractivity contribution in [2.45, 2.75) is 0 Å². The van der Waals surface area contributed by atoms with E-state index in [2.05, 4.69) is 48.5 Å². The molecule has 0 N–H and O–H groups in total. The molecular weight excluding hydrogens is 200 g/mol. The molecule has 15 heavy (non-hydrogen) atoms. The van der Waals surface area contributed by atoms with Gasteiger partial charge in [0.25, 0.3) is 0 Å². The van der Waals surface area contributed by atoms with E-state index < -0.39 is 9.04 Å². The van der Waals surface area contributed by atoms with Gasteiger partial charge in [-0.25, -0.2) is 0 Å². The van der Waals surface area contributed by atoms with Gasteiger partial charge in [0.2, 0.25) is 9.04 Å². The molecule has 0 spiro atoms. The molecule has 0 saturated carbocycles. The highest BCUT2D eigenvalue weighted by atomic mass is 28.3. The lowest BCUT2D eigenvalue weighted by Gasteiger charge is -2.13. The van der Waals surface area contributed by atoms with E-state index in [1.165, 1.54) is 10.4 Å². The monoisotopic (exact) mass is 214 g/mol. The van der Waals surface area contributed by atoms with Crippen molar-refractivity contribution >= 4 is 19.4 Å². The van der Waals surface area contributed by atoms with Crippen LogP contribution < -0.4 is 10.4 Å². The van der Waals surface area contributed by atoms with Crippen LogP contribution >= 0.6 is 0 Å². The second kappa shape index (κ2) is 4.91. The summed E-state index contributed by atoms with van der Waals surface area (Å²) < 4.78 is 5.66. The smallest absolute Gasteiger partial charge is 0.239 e. The maximum atomic E-state index is 5.66. The van der Waals surface area contributed by atoms with E-state index in [4.69, 9.17) is 4.43 Å². The summed E-state index contributed by atoms with van der Waals surface area (Å²) in [5, 5.41) is 2.65. The fraction of sp³-hybridized carbons (Fsp3) is 0.0769. The van der Waals surface area contributed by atoms with Crippen molar-refractivity contribution in [3.8, 4) is 0 Å². The second-order valence-corrected chi connectivity index (χ2v) is 6.00. The van der Waals surface area contributed by atoms with Gasteiger partial charge in [-0.2, -0.15) is 0 Å². The quantitative estimate of drug-likeness (QED) is 0.697. The fourth-order valence-corrected chi connectivity index (χ4v) is 3.79. The summed E-state index contributed by atoms with van der Waals surface area (Å²) >= 11 is 0. The van der Waals surface area contributed by atoms with Gasteiger partial charge in [0.15, 0.2) is 0 Å². The maximum Gasteiger partial charge on any atom is 0.239 e. The molecule has 76 valence electrons. The molecule has 0 aliphatic heterocycles. The molecule has 2 rings (SSSR count). The Balaban J connectivity index is 2.34. The summed E-state index contributed by atoms with van der Waals surface area (Å²) in [7, 11) is 0.373. The van der Waals surface area contributed by atoms with Crippen LogP contribution in [0.2, 0.25) is 0 Å². The minimum atomic E-state index is -1.43. The van der Waals surface area contributed by atoms with Crippen molar-refractivity contribution in [1.82, 2.24) is 0 Å². The van der Waals surface area contributed by atoms with Gasteiger partial charge in [-0.05, 0) is 10.4 Å². The normalized spacial score (nSPS) is 10.5. The van der Waals surface area contributed by atoms with Crippen molar-refractivity contribution in [3.05, 3.63) is 60.7 Å². The zero-order valence-corrected chi connectivity index (χ0v) is 9.91. The van der Waals surface area contributed by atoms with Crippen molar-refractivity contribution in [2.75, 3.05) is 7.11 Å². The van der Waals surface area contributed by atoms with Gasteiger partial charge >= 0.3 is 0 Å². The number of benzene rings is 2. The van der Waals surface area contributed by atoms with E-state index in [1.807, 2.05) is 12.1 Å². The third-order valence-electron chi connectivity index (χ3n) is 2.44. The zero-order chi connectivity index (χ0) is 10.5. The summed E-state index contributed by atoms with van der Waals surface area (Å²) in [6.07, 6.45) is 0. The minimum Gasteiger partial charge on any atom is -0.414 e. The largest absolute Gasteiger partial charge is 0.414 e. The Labute approximate surface area is 92.1 Å². The summed E-state index contributed by atoms with van der Waals surface area (Å²) in [6.45, 7) is 0. The molecule has 0 radical (unpaired) electrons. The average Bonchev–Trinajstić information content (AvgIpc) is 2.33. The summed E-state index contributed by atoms with van der Waals surface area (Å²) in [6, 6.07) is 20.9. The van der Waals surface area contributed by atoms with Crippen LogP contribution in [0.25, 0.3) is 0 Å². The highest BCUT2D eigenvalue weighted by molar-refractivity contribution is 6.79. The summed E-state index contributed by atoms with van der Waals surface area (Å²) in [4.78, 5) is 0. The van der Waals surface area contributed by atoms with Crippen LogP contribution in [0.5, 0.6) is 0 Å². The van der Waals surface area contributed by atoms with E-state index in [9.17, 15) is 0 Å². The fourth-order valence-electron chi connectivity index (χ4n) is 1.72. The van der Waals surface area contributed by atoms with Crippen LogP contribution in [0.3, 0.4) is 0 Å². The summed E-state index contributed by atoms with van der Waals surface area (Å²) in [5.41, 5.74) is 0. The van der Waals surface area contributed by atoms with Crippen LogP contribution in [-0.2, 0) is 4.43 Å². The predicted octanol–water partition coefficient (Wildman–Crippen LogP) is 1.17. The SMILES string of the molecule is CO[SiH](c1ccccc1)c1ccccc1. The zero-order valence-electron chi connectivity index (χ0n) is 8.76. The van der Waals surface area contributed by atoms with Gasteiger partial charge in [-0.15, -0.1) is 0 Å². The molecule has 0 aliphatic rings. The summed E-state index contributed by atoms with van der Waals surface area (Å²) in [5.74, 6) is 0. The molecule has 0 amide bonds. The van der Waals surface area contributed by atoms with E-state index in [0.717, 1.165) is 0 Å². The number of hydrogen-bond acceptors (Lipinski definition) is 1. The van der Waals surface area contributed by atoms with Crippen LogP contribution in [0.15, 0.2) is 60.7 Å². The first-order valence-corrected chi connectivity index (χ1v) is 6.67. The average molecular weight is 214 g/mol. The number of rotatable bonds is 3. The van der Waals surface area contributed by atoms with Crippen molar-refractivity contribution in [2.24, 2.45) is 0 Å². The molecule has 0 aliphatic carbocycles. The molecule has 0 fully saturated rings. The third-order valence-corrected chi connectivity index (χ3v) is 4.89. The predicted molar refractivity (Wildman–Crippen MR) is 66.3 cm³/mol. The topological polar surface area (TPSA) is 9.23 Å². The van der Waals surface area contributed by atoms with Gasteiger partial charge < -0.3 is 4.43 Å². The Kier molecular flexibility index (Phi) is 3.32. The minimum absolute atomic E-state index is 1.33. The molecule has 0 heterocycles. The van der Waals surface area contributed by atoms with Crippen LogP contribution in [0, 0.1) is 0 Å². The molecule has 1 nitrogen and oxygen atoms in total. The van der Waals surface area contributed by atoms with E-state index >= 15 is 0 Å². The second-order valence-electron chi connectivity index (χ2n) is 3.44. The van der Waals surface area contributed by atoms with E-state index in [0.29, 0.717) is 0 Å². The Morgan fingerprint density at radius 3 is 1.47 bits per heavy atom. The van der Waals surface area contributed by atoms with Crippen molar-refractivity contribution < 1.29 is 4.43 Å².